The van der Waals surface area contributed by atoms with Gasteiger partial charge in [0, 0.05) is 16.6 Å². The maximum atomic E-state index is 13.2. The summed E-state index contributed by atoms with van der Waals surface area (Å²) in [6.45, 7) is 0.639. The van der Waals surface area contributed by atoms with Crippen LogP contribution < -0.4 is 11.1 Å². The molecule has 0 unspecified atom stereocenters. The van der Waals surface area contributed by atoms with Crippen molar-refractivity contribution in [3.05, 3.63) is 28.5 Å². The zero-order valence-corrected chi connectivity index (χ0v) is 9.27. The van der Waals surface area contributed by atoms with E-state index in [0.717, 1.165) is 17.3 Å². The van der Waals surface area contributed by atoms with Crippen molar-refractivity contribution in [3.63, 3.8) is 0 Å². The fourth-order valence-electron chi connectivity index (χ4n) is 1.24. The van der Waals surface area contributed by atoms with Crippen molar-refractivity contribution in [3.8, 4) is 0 Å². The summed E-state index contributed by atoms with van der Waals surface area (Å²) in [5.74, 6) is -0.238. The first-order chi connectivity index (χ1) is 6.59. The first-order valence-corrected chi connectivity index (χ1v) is 5.36. The molecule has 1 aliphatic rings. The van der Waals surface area contributed by atoms with E-state index >= 15 is 0 Å². The van der Waals surface area contributed by atoms with Crippen molar-refractivity contribution >= 4 is 21.6 Å². The molecular formula is C10H12BrFN2. The highest BCUT2D eigenvalue weighted by Crippen LogP contribution is 2.32. The summed E-state index contributed by atoms with van der Waals surface area (Å²) >= 11 is 3.29. The molecule has 0 saturated heterocycles. The van der Waals surface area contributed by atoms with Gasteiger partial charge in [0.2, 0.25) is 0 Å². The van der Waals surface area contributed by atoms with Gasteiger partial charge in [0.05, 0.1) is 5.69 Å². The molecule has 14 heavy (non-hydrogen) atoms. The van der Waals surface area contributed by atoms with Gasteiger partial charge >= 0.3 is 0 Å². The third kappa shape index (κ3) is 2.25. The molecule has 0 atom stereocenters. The highest BCUT2D eigenvalue weighted by atomic mass is 79.9. The minimum Gasteiger partial charge on any atom is -0.381 e. The molecule has 4 heteroatoms. The van der Waals surface area contributed by atoms with E-state index in [-0.39, 0.29) is 11.4 Å². The molecule has 2 rings (SSSR count). The summed E-state index contributed by atoms with van der Waals surface area (Å²) in [4.78, 5) is 0. The van der Waals surface area contributed by atoms with E-state index in [1.54, 1.807) is 12.1 Å². The number of halogens is 2. The van der Waals surface area contributed by atoms with E-state index in [2.05, 4.69) is 21.2 Å². The van der Waals surface area contributed by atoms with Crippen LogP contribution in [-0.2, 0) is 0 Å². The van der Waals surface area contributed by atoms with Crippen LogP contribution in [0.5, 0.6) is 0 Å². The third-order valence-corrected chi connectivity index (χ3v) is 2.94. The Morgan fingerprint density at radius 2 is 2.21 bits per heavy atom. The molecule has 1 aliphatic carbocycles. The summed E-state index contributed by atoms with van der Waals surface area (Å²) in [5.41, 5.74) is 6.29. The van der Waals surface area contributed by atoms with Gasteiger partial charge in [-0.2, -0.15) is 0 Å². The third-order valence-electron chi connectivity index (χ3n) is 2.45. The Hall–Kier alpha value is -0.610. The Kier molecular flexibility index (Phi) is 2.49. The smallest absolute Gasteiger partial charge is 0.146 e. The molecule has 1 fully saturated rings. The monoisotopic (exact) mass is 258 g/mol. The molecule has 0 bridgehead atoms. The maximum absolute atomic E-state index is 13.2. The number of hydrogen-bond acceptors (Lipinski definition) is 2. The normalized spacial score (nSPS) is 17.9. The standard InChI is InChI=1S/C10H12BrFN2/c11-7-1-2-8(12)9(5-7)14-6-10(13)3-4-10/h1-2,5,14H,3-4,6,13H2. The average Bonchev–Trinajstić information content (AvgIpc) is 2.87. The zero-order chi connectivity index (χ0) is 10.2. The Balaban J connectivity index is 2.04. The SMILES string of the molecule is NC1(CNc2cc(Br)ccc2F)CC1. The first-order valence-electron chi connectivity index (χ1n) is 4.57. The van der Waals surface area contributed by atoms with Crippen molar-refractivity contribution in [2.75, 3.05) is 11.9 Å². The molecule has 0 amide bonds. The van der Waals surface area contributed by atoms with Crippen molar-refractivity contribution in [1.82, 2.24) is 0 Å². The van der Waals surface area contributed by atoms with Crippen LogP contribution in [0.4, 0.5) is 10.1 Å². The summed E-state index contributed by atoms with van der Waals surface area (Å²) in [5, 5.41) is 3.03. The minimum absolute atomic E-state index is 0.102. The lowest BCUT2D eigenvalue weighted by Gasteiger charge is -2.12. The summed E-state index contributed by atoms with van der Waals surface area (Å²) in [7, 11) is 0. The topological polar surface area (TPSA) is 38.0 Å². The largest absolute Gasteiger partial charge is 0.381 e. The molecule has 3 N–H and O–H groups in total. The molecule has 0 spiro atoms. The van der Waals surface area contributed by atoms with Crippen LogP contribution in [0.1, 0.15) is 12.8 Å². The van der Waals surface area contributed by atoms with E-state index < -0.39 is 0 Å². The molecule has 2 nitrogen and oxygen atoms in total. The Bertz CT molecular complexity index is 350. The van der Waals surface area contributed by atoms with Gasteiger partial charge in [-0.1, -0.05) is 15.9 Å². The van der Waals surface area contributed by atoms with E-state index in [9.17, 15) is 4.39 Å². The lowest BCUT2D eigenvalue weighted by molar-refractivity contribution is 0.626. The Morgan fingerprint density at radius 3 is 2.86 bits per heavy atom. The molecule has 1 aromatic carbocycles. The summed E-state index contributed by atoms with van der Waals surface area (Å²) in [6.07, 6.45) is 2.05. The van der Waals surface area contributed by atoms with Gasteiger partial charge in [-0.15, -0.1) is 0 Å². The Morgan fingerprint density at radius 1 is 1.50 bits per heavy atom. The zero-order valence-electron chi connectivity index (χ0n) is 7.69. The van der Waals surface area contributed by atoms with Crippen molar-refractivity contribution in [2.24, 2.45) is 5.73 Å². The second kappa shape index (κ2) is 3.51. The molecule has 0 heterocycles. The summed E-state index contributed by atoms with van der Waals surface area (Å²) in [6, 6.07) is 4.83. The fraction of sp³-hybridized carbons (Fsp3) is 0.400. The van der Waals surface area contributed by atoms with E-state index in [1.807, 2.05) is 0 Å². The molecule has 0 aromatic heterocycles. The van der Waals surface area contributed by atoms with Gasteiger partial charge in [-0.05, 0) is 31.0 Å². The number of nitrogens with one attached hydrogen (secondary N) is 1. The lowest BCUT2D eigenvalue weighted by Crippen LogP contribution is -2.31. The second-order valence-corrected chi connectivity index (χ2v) is 4.76. The number of anilines is 1. The molecule has 76 valence electrons. The highest BCUT2D eigenvalue weighted by Gasteiger charge is 2.37. The van der Waals surface area contributed by atoms with Crippen LogP contribution in [0.3, 0.4) is 0 Å². The minimum atomic E-state index is -0.238. The number of benzene rings is 1. The van der Waals surface area contributed by atoms with Crippen LogP contribution in [0.2, 0.25) is 0 Å². The van der Waals surface area contributed by atoms with Gasteiger partial charge in [0.15, 0.2) is 0 Å². The summed E-state index contributed by atoms with van der Waals surface area (Å²) < 4.78 is 14.1. The second-order valence-electron chi connectivity index (χ2n) is 3.84. The lowest BCUT2D eigenvalue weighted by atomic mass is 10.2. The van der Waals surface area contributed by atoms with Crippen molar-refractivity contribution in [1.29, 1.82) is 0 Å². The fourth-order valence-corrected chi connectivity index (χ4v) is 1.60. The molecule has 1 aromatic rings. The Labute approximate surface area is 90.8 Å². The van der Waals surface area contributed by atoms with Crippen LogP contribution in [0.15, 0.2) is 22.7 Å². The number of nitrogens with two attached hydrogens (primary N) is 1. The van der Waals surface area contributed by atoms with E-state index in [4.69, 9.17) is 5.73 Å². The van der Waals surface area contributed by atoms with E-state index in [0.29, 0.717) is 12.2 Å². The van der Waals surface area contributed by atoms with Crippen LogP contribution in [0.25, 0.3) is 0 Å². The van der Waals surface area contributed by atoms with Gasteiger partial charge < -0.3 is 11.1 Å². The van der Waals surface area contributed by atoms with Crippen LogP contribution in [0, 0.1) is 5.82 Å². The van der Waals surface area contributed by atoms with Crippen LogP contribution in [-0.4, -0.2) is 12.1 Å². The van der Waals surface area contributed by atoms with Gasteiger partial charge in [-0.3, -0.25) is 0 Å². The van der Waals surface area contributed by atoms with E-state index in [1.165, 1.54) is 6.07 Å². The van der Waals surface area contributed by atoms with Gasteiger partial charge in [0.1, 0.15) is 5.82 Å². The number of hydrogen-bond donors (Lipinski definition) is 2. The van der Waals surface area contributed by atoms with Gasteiger partial charge in [0.25, 0.3) is 0 Å². The molecule has 0 radical (unpaired) electrons. The van der Waals surface area contributed by atoms with Crippen molar-refractivity contribution in [2.45, 2.75) is 18.4 Å². The van der Waals surface area contributed by atoms with Crippen molar-refractivity contribution < 1.29 is 4.39 Å². The van der Waals surface area contributed by atoms with Crippen LogP contribution >= 0.6 is 15.9 Å². The molecule has 1 saturated carbocycles. The predicted molar refractivity (Wildman–Crippen MR) is 58.7 cm³/mol. The molecular weight excluding hydrogens is 247 g/mol. The highest BCUT2D eigenvalue weighted by molar-refractivity contribution is 9.10. The first kappa shape index (κ1) is 9.93. The maximum Gasteiger partial charge on any atom is 0.146 e. The molecule has 0 aliphatic heterocycles. The predicted octanol–water partition coefficient (Wildman–Crippen LogP) is 2.49. The average molecular weight is 259 g/mol. The van der Waals surface area contributed by atoms with Gasteiger partial charge in [-0.25, -0.2) is 4.39 Å². The number of rotatable bonds is 3. The quantitative estimate of drug-likeness (QED) is 0.875.